The highest BCUT2D eigenvalue weighted by atomic mass is 32.2. The summed E-state index contributed by atoms with van der Waals surface area (Å²) in [4.78, 5) is 15.2. The maximum atomic E-state index is 13.8. The summed E-state index contributed by atoms with van der Waals surface area (Å²) in [6, 6.07) is 6.49. The number of likely N-dealkylation sites (tertiary alicyclic amines) is 1. The first kappa shape index (κ1) is 20.5. The molecular formula is C21H26F2N2O3S. The summed E-state index contributed by atoms with van der Waals surface area (Å²) < 4.78 is 53.5. The van der Waals surface area contributed by atoms with Crippen molar-refractivity contribution in [2.24, 2.45) is 11.8 Å². The Labute approximate surface area is 170 Å². The van der Waals surface area contributed by atoms with Crippen molar-refractivity contribution in [3.05, 3.63) is 47.5 Å². The predicted octanol–water partition coefficient (Wildman–Crippen LogP) is 2.54. The van der Waals surface area contributed by atoms with E-state index in [1.807, 2.05) is 6.07 Å². The van der Waals surface area contributed by atoms with Crippen LogP contribution < -0.4 is 0 Å². The Balaban J connectivity index is 1.33. The number of carbonyl (C=O) groups is 1. The SMILES string of the molecule is CN1C(=O)C(F)=C[C@@H]2[C@H]1C[C@H]2S(=O)(=O)CC1CCN(Cc2ccccc2F)CC1. The quantitative estimate of drug-likeness (QED) is 0.729. The molecule has 1 aromatic carbocycles. The minimum absolute atomic E-state index is 0.0627. The molecule has 3 atom stereocenters. The summed E-state index contributed by atoms with van der Waals surface area (Å²) in [5.74, 6) is -2.01. The van der Waals surface area contributed by atoms with Crippen LogP contribution in [0.2, 0.25) is 0 Å². The van der Waals surface area contributed by atoms with Gasteiger partial charge in [-0.25, -0.2) is 17.2 Å². The number of hydrogen-bond donors (Lipinski definition) is 0. The zero-order chi connectivity index (χ0) is 20.8. The van der Waals surface area contributed by atoms with Crippen LogP contribution in [0.15, 0.2) is 36.2 Å². The van der Waals surface area contributed by atoms with Gasteiger partial charge in [0.15, 0.2) is 15.7 Å². The monoisotopic (exact) mass is 424 g/mol. The van der Waals surface area contributed by atoms with Crippen LogP contribution in [0.5, 0.6) is 0 Å². The summed E-state index contributed by atoms with van der Waals surface area (Å²) in [6.07, 6.45) is 3.08. The summed E-state index contributed by atoms with van der Waals surface area (Å²) in [7, 11) is -1.84. The van der Waals surface area contributed by atoms with E-state index in [-0.39, 0.29) is 23.5 Å². The zero-order valence-electron chi connectivity index (χ0n) is 16.4. The van der Waals surface area contributed by atoms with Gasteiger partial charge in [0.1, 0.15) is 5.82 Å². The molecule has 0 N–H and O–H groups in total. The summed E-state index contributed by atoms with van der Waals surface area (Å²) >= 11 is 0. The van der Waals surface area contributed by atoms with Gasteiger partial charge in [0.2, 0.25) is 0 Å². The van der Waals surface area contributed by atoms with E-state index in [1.165, 1.54) is 24.1 Å². The summed E-state index contributed by atoms with van der Waals surface area (Å²) in [5, 5.41) is -0.606. The second-order valence-corrected chi connectivity index (χ2v) is 10.8. The number of benzene rings is 1. The third-order valence-electron chi connectivity index (χ3n) is 6.70. The average molecular weight is 425 g/mol. The van der Waals surface area contributed by atoms with Crippen LogP contribution in [0.1, 0.15) is 24.8 Å². The average Bonchev–Trinajstić information content (AvgIpc) is 2.66. The van der Waals surface area contributed by atoms with E-state index < -0.39 is 32.7 Å². The van der Waals surface area contributed by atoms with Crippen molar-refractivity contribution in [2.45, 2.75) is 37.1 Å². The van der Waals surface area contributed by atoms with Crippen molar-refractivity contribution in [3.63, 3.8) is 0 Å². The number of piperidine rings is 1. The molecule has 1 saturated carbocycles. The zero-order valence-corrected chi connectivity index (χ0v) is 17.2. The highest BCUT2D eigenvalue weighted by Gasteiger charge is 2.53. The van der Waals surface area contributed by atoms with Gasteiger partial charge in [-0.15, -0.1) is 0 Å². The number of halogens is 2. The molecule has 8 heteroatoms. The van der Waals surface area contributed by atoms with Gasteiger partial charge in [-0.3, -0.25) is 9.69 Å². The van der Waals surface area contributed by atoms with Crippen molar-refractivity contribution in [2.75, 3.05) is 25.9 Å². The lowest BCUT2D eigenvalue weighted by Gasteiger charge is -2.49. The van der Waals surface area contributed by atoms with Gasteiger partial charge in [-0.2, -0.15) is 0 Å². The fourth-order valence-corrected chi connectivity index (χ4v) is 7.28. The van der Waals surface area contributed by atoms with E-state index in [9.17, 15) is 22.0 Å². The number of sulfone groups is 1. The third kappa shape index (κ3) is 3.97. The largest absolute Gasteiger partial charge is 0.336 e. The predicted molar refractivity (Wildman–Crippen MR) is 106 cm³/mol. The van der Waals surface area contributed by atoms with Gasteiger partial charge in [-0.05, 0) is 50.4 Å². The van der Waals surface area contributed by atoms with Gasteiger partial charge < -0.3 is 4.90 Å². The molecule has 0 unspecified atom stereocenters. The summed E-state index contributed by atoms with van der Waals surface area (Å²) in [5.41, 5.74) is 0.656. The number of fused-ring (bicyclic) bond motifs is 1. The van der Waals surface area contributed by atoms with Crippen molar-refractivity contribution in [1.29, 1.82) is 0 Å². The molecule has 2 aliphatic heterocycles. The van der Waals surface area contributed by atoms with E-state index in [2.05, 4.69) is 4.90 Å². The molecule has 1 amide bonds. The lowest BCUT2D eigenvalue weighted by molar-refractivity contribution is -0.133. The van der Waals surface area contributed by atoms with Crippen LogP contribution in [0, 0.1) is 17.7 Å². The van der Waals surface area contributed by atoms with E-state index in [1.54, 1.807) is 12.1 Å². The van der Waals surface area contributed by atoms with Crippen molar-refractivity contribution in [1.82, 2.24) is 9.80 Å². The van der Waals surface area contributed by atoms with E-state index in [0.29, 0.717) is 18.5 Å². The van der Waals surface area contributed by atoms with Gasteiger partial charge in [0.25, 0.3) is 5.91 Å². The molecule has 29 heavy (non-hydrogen) atoms. The molecular weight excluding hydrogens is 398 g/mol. The van der Waals surface area contributed by atoms with Crippen LogP contribution in [-0.2, 0) is 21.2 Å². The molecule has 0 spiro atoms. The van der Waals surface area contributed by atoms with Crippen LogP contribution in [-0.4, -0.2) is 61.3 Å². The number of carbonyl (C=O) groups excluding carboxylic acids is 1. The highest BCUT2D eigenvalue weighted by molar-refractivity contribution is 7.92. The second-order valence-electron chi connectivity index (χ2n) is 8.49. The molecule has 1 aliphatic carbocycles. The van der Waals surface area contributed by atoms with Gasteiger partial charge in [0, 0.05) is 31.1 Å². The van der Waals surface area contributed by atoms with Gasteiger partial charge >= 0.3 is 0 Å². The Morgan fingerprint density at radius 1 is 1.14 bits per heavy atom. The molecule has 1 aromatic rings. The maximum Gasteiger partial charge on any atom is 0.282 e. The fraction of sp³-hybridized carbons (Fsp3) is 0.571. The molecule has 2 fully saturated rings. The number of hydrogen-bond acceptors (Lipinski definition) is 4. The molecule has 158 valence electrons. The van der Waals surface area contributed by atoms with E-state index in [0.717, 1.165) is 25.9 Å². The number of likely N-dealkylation sites (N-methyl/N-ethyl adjacent to an activating group) is 1. The standard InChI is InChI=1S/C21H26F2N2O3S/c1-24-19-11-20(16(19)10-18(23)21(24)26)29(27,28)13-14-6-8-25(9-7-14)12-15-4-2-3-5-17(15)22/h2-5,10,14,16,19-20H,6-9,11-13H2,1H3/t16-,19-,20-/m1/s1. The molecule has 5 nitrogen and oxygen atoms in total. The smallest absolute Gasteiger partial charge is 0.282 e. The van der Waals surface area contributed by atoms with Crippen molar-refractivity contribution < 1.29 is 22.0 Å². The normalized spacial score (nSPS) is 28.7. The Hall–Kier alpha value is -1.80. The Morgan fingerprint density at radius 3 is 2.52 bits per heavy atom. The van der Waals surface area contributed by atoms with Crippen molar-refractivity contribution in [3.8, 4) is 0 Å². The third-order valence-corrected chi connectivity index (χ3v) is 9.06. The minimum Gasteiger partial charge on any atom is -0.336 e. The minimum atomic E-state index is -3.37. The molecule has 0 bridgehead atoms. The lowest BCUT2D eigenvalue weighted by Crippen LogP contribution is -2.60. The number of rotatable bonds is 5. The maximum absolute atomic E-state index is 13.8. The van der Waals surface area contributed by atoms with Crippen molar-refractivity contribution >= 4 is 15.7 Å². The number of nitrogens with zero attached hydrogens (tertiary/aromatic N) is 2. The Morgan fingerprint density at radius 2 is 1.83 bits per heavy atom. The summed E-state index contributed by atoms with van der Waals surface area (Å²) in [6.45, 7) is 2.00. The molecule has 1 saturated heterocycles. The Kier molecular flexibility index (Phi) is 5.50. The molecule has 2 heterocycles. The molecule has 0 aromatic heterocycles. The van der Waals surface area contributed by atoms with Crippen LogP contribution in [0.3, 0.4) is 0 Å². The molecule has 3 aliphatic rings. The van der Waals surface area contributed by atoms with E-state index >= 15 is 0 Å². The second kappa shape index (κ2) is 7.80. The topological polar surface area (TPSA) is 57.7 Å². The first-order chi connectivity index (χ1) is 13.8. The fourth-order valence-electron chi connectivity index (χ4n) is 4.82. The first-order valence-corrected chi connectivity index (χ1v) is 11.8. The Bertz CT molecular complexity index is 926. The van der Waals surface area contributed by atoms with E-state index in [4.69, 9.17) is 0 Å². The van der Waals surface area contributed by atoms with Gasteiger partial charge in [-0.1, -0.05) is 18.2 Å². The van der Waals surface area contributed by atoms with Gasteiger partial charge in [0.05, 0.1) is 11.0 Å². The lowest BCUT2D eigenvalue weighted by atomic mass is 9.75. The van der Waals surface area contributed by atoms with Crippen LogP contribution in [0.4, 0.5) is 8.78 Å². The van der Waals surface area contributed by atoms with Crippen LogP contribution in [0.25, 0.3) is 0 Å². The number of amides is 1. The molecule has 0 radical (unpaired) electrons. The first-order valence-electron chi connectivity index (χ1n) is 10.1. The highest BCUT2D eigenvalue weighted by Crippen LogP contribution is 2.43. The van der Waals surface area contributed by atoms with Crippen LogP contribution >= 0.6 is 0 Å². The molecule has 4 rings (SSSR count).